The Morgan fingerprint density at radius 2 is 1.57 bits per heavy atom. The van der Waals surface area contributed by atoms with Crippen molar-refractivity contribution in [1.82, 2.24) is 14.9 Å². The number of anilines is 4. The van der Waals surface area contributed by atoms with Gasteiger partial charge in [0, 0.05) is 68.3 Å². The van der Waals surface area contributed by atoms with Crippen LogP contribution in [-0.2, 0) is 0 Å². The second kappa shape index (κ2) is 12.5. The van der Waals surface area contributed by atoms with Gasteiger partial charge in [-0.15, -0.1) is 11.3 Å². The van der Waals surface area contributed by atoms with Crippen molar-refractivity contribution in [2.45, 2.75) is 27.7 Å². The third-order valence-electron chi connectivity index (χ3n) is 6.76. The van der Waals surface area contributed by atoms with Gasteiger partial charge in [-0.05, 0) is 52.0 Å². The number of thiazole rings is 1. The maximum Gasteiger partial charge on any atom is 0.323 e. The van der Waals surface area contributed by atoms with Gasteiger partial charge in [-0.3, -0.25) is 5.32 Å². The number of halogens is 1. The fourth-order valence-corrected chi connectivity index (χ4v) is 5.41. The molecule has 1 N–H and O–H groups in total. The summed E-state index contributed by atoms with van der Waals surface area (Å²) in [7, 11) is 0. The van der Waals surface area contributed by atoms with E-state index in [1.54, 1.807) is 0 Å². The highest BCUT2D eigenvalue weighted by Gasteiger charge is 2.26. The van der Waals surface area contributed by atoms with Gasteiger partial charge in [-0.1, -0.05) is 23.7 Å². The summed E-state index contributed by atoms with van der Waals surface area (Å²) in [6.45, 7) is 15.0. The average molecular weight is 542 g/mol. The normalized spacial score (nSPS) is 13.5. The first-order chi connectivity index (χ1) is 18.0. The maximum atomic E-state index is 13.0. The molecule has 37 heavy (non-hydrogen) atoms. The molecule has 0 bridgehead atoms. The van der Waals surface area contributed by atoms with Gasteiger partial charge in [0.05, 0.1) is 11.4 Å². The monoisotopic (exact) mass is 541 g/mol. The van der Waals surface area contributed by atoms with Gasteiger partial charge >= 0.3 is 6.03 Å². The third kappa shape index (κ3) is 6.27. The number of aromatic nitrogens is 2. The first-order valence-corrected chi connectivity index (χ1v) is 14.3. The summed E-state index contributed by atoms with van der Waals surface area (Å²) < 4.78 is 0. The minimum Gasteiger partial charge on any atom is -0.369 e. The molecule has 0 saturated carbocycles. The largest absolute Gasteiger partial charge is 0.369 e. The van der Waals surface area contributed by atoms with Gasteiger partial charge in [-0.25, -0.2) is 14.8 Å². The van der Waals surface area contributed by atoms with Crippen molar-refractivity contribution < 1.29 is 4.79 Å². The number of benzene rings is 1. The lowest BCUT2D eigenvalue weighted by Gasteiger charge is -2.38. The molecule has 3 aromatic rings. The van der Waals surface area contributed by atoms with E-state index in [1.807, 2.05) is 34.5 Å². The molecule has 0 atom stereocenters. The van der Waals surface area contributed by atoms with E-state index in [-0.39, 0.29) is 6.03 Å². The van der Waals surface area contributed by atoms with Crippen LogP contribution in [0.4, 0.5) is 27.2 Å². The van der Waals surface area contributed by atoms with Crippen LogP contribution in [0.3, 0.4) is 0 Å². The highest BCUT2D eigenvalue weighted by atomic mass is 35.5. The topological polar surface area (TPSA) is 67.8 Å². The molecule has 10 heteroatoms. The molecule has 1 aromatic carbocycles. The lowest BCUT2D eigenvalue weighted by atomic mass is 10.2. The summed E-state index contributed by atoms with van der Waals surface area (Å²) in [6, 6.07) is 11.7. The second-order valence-electron chi connectivity index (χ2n) is 8.81. The lowest BCUT2D eigenvalue weighted by Crippen LogP contribution is -2.50. The Balaban J connectivity index is 1.43. The number of nitrogens with zero attached hydrogens (tertiary/aromatic N) is 6. The van der Waals surface area contributed by atoms with Crippen LogP contribution >= 0.6 is 22.9 Å². The molecule has 3 heterocycles. The van der Waals surface area contributed by atoms with Crippen LogP contribution in [-0.4, -0.2) is 73.3 Å². The summed E-state index contributed by atoms with van der Waals surface area (Å²) in [5.41, 5.74) is 2.94. The van der Waals surface area contributed by atoms with Crippen molar-refractivity contribution in [2.75, 3.05) is 72.4 Å². The highest BCUT2D eigenvalue weighted by Crippen LogP contribution is 2.31. The first kappa shape index (κ1) is 27.0. The van der Waals surface area contributed by atoms with E-state index >= 15 is 0 Å². The van der Waals surface area contributed by atoms with E-state index in [4.69, 9.17) is 16.6 Å². The number of rotatable bonds is 9. The number of piperazine rings is 1. The van der Waals surface area contributed by atoms with Crippen molar-refractivity contribution in [3.05, 3.63) is 46.8 Å². The second-order valence-corrected chi connectivity index (χ2v) is 10.1. The molecule has 0 aliphatic carbocycles. The maximum absolute atomic E-state index is 13.0. The standard InChI is InChI=1S/C27H36ClN7OS/c1-5-32(6-2)23-13-14-24(33(7-3)8-4)30-25(23)34-15-17-35(18-16-34)27(36)31-26-29-22(19-37-26)20-9-11-21(28)12-10-20/h9-14,19H,5-8,15-18H2,1-4H3,(H,29,31,36). The molecule has 0 unspecified atom stereocenters. The molecule has 1 aliphatic rings. The van der Waals surface area contributed by atoms with Gasteiger partial charge in [0.25, 0.3) is 0 Å². The van der Waals surface area contributed by atoms with Crippen molar-refractivity contribution >= 4 is 51.4 Å². The van der Waals surface area contributed by atoms with Crippen LogP contribution in [0.1, 0.15) is 27.7 Å². The summed E-state index contributed by atoms with van der Waals surface area (Å²) in [5.74, 6) is 2.00. The van der Waals surface area contributed by atoms with Gasteiger partial charge in [0.1, 0.15) is 5.82 Å². The summed E-state index contributed by atoms with van der Waals surface area (Å²) in [4.78, 5) is 31.5. The minimum atomic E-state index is -0.120. The lowest BCUT2D eigenvalue weighted by molar-refractivity contribution is 0.208. The molecule has 1 aliphatic heterocycles. The van der Waals surface area contributed by atoms with Crippen LogP contribution in [0, 0.1) is 0 Å². The third-order valence-corrected chi connectivity index (χ3v) is 7.77. The van der Waals surface area contributed by atoms with E-state index in [1.165, 1.54) is 11.3 Å². The van der Waals surface area contributed by atoms with E-state index in [9.17, 15) is 4.79 Å². The predicted molar refractivity (Wildman–Crippen MR) is 157 cm³/mol. The molecule has 0 spiro atoms. The molecule has 8 nitrogen and oxygen atoms in total. The van der Waals surface area contributed by atoms with Crippen molar-refractivity contribution in [3.8, 4) is 11.3 Å². The van der Waals surface area contributed by atoms with E-state index < -0.39 is 0 Å². The molecular weight excluding hydrogens is 506 g/mol. The highest BCUT2D eigenvalue weighted by molar-refractivity contribution is 7.14. The molecule has 1 fully saturated rings. The summed E-state index contributed by atoms with van der Waals surface area (Å²) in [6.07, 6.45) is 0. The molecule has 4 rings (SSSR count). The Labute approximate surface area is 228 Å². The van der Waals surface area contributed by atoms with Crippen molar-refractivity contribution in [3.63, 3.8) is 0 Å². The smallest absolute Gasteiger partial charge is 0.323 e. The number of hydrogen-bond acceptors (Lipinski definition) is 7. The number of amides is 2. The van der Waals surface area contributed by atoms with Gasteiger partial charge in [0.2, 0.25) is 0 Å². The van der Waals surface area contributed by atoms with Crippen molar-refractivity contribution in [2.24, 2.45) is 0 Å². The first-order valence-electron chi connectivity index (χ1n) is 13.0. The summed E-state index contributed by atoms with van der Waals surface area (Å²) in [5, 5.41) is 6.20. The summed E-state index contributed by atoms with van der Waals surface area (Å²) >= 11 is 7.41. The number of carbonyl (C=O) groups excluding carboxylic acids is 1. The Morgan fingerprint density at radius 3 is 2.19 bits per heavy atom. The van der Waals surface area contributed by atoms with E-state index in [2.05, 4.69) is 64.8 Å². The Kier molecular flexibility index (Phi) is 9.10. The van der Waals surface area contributed by atoms with Crippen LogP contribution < -0.4 is 20.0 Å². The average Bonchev–Trinajstić information content (AvgIpc) is 3.39. The predicted octanol–water partition coefficient (Wildman–Crippen LogP) is 5.91. The Morgan fingerprint density at radius 1 is 0.919 bits per heavy atom. The van der Waals surface area contributed by atoms with Crippen LogP contribution in [0.2, 0.25) is 5.02 Å². The van der Waals surface area contributed by atoms with E-state index in [0.717, 1.165) is 67.8 Å². The van der Waals surface area contributed by atoms with Crippen LogP contribution in [0.25, 0.3) is 11.3 Å². The SMILES string of the molecule is CCN(CC)c1ccc(N(CC)CC)c(N2CCN(C(=O)Nc3nc(-c4ccc(Cl)cc4)cs3)CC2)n1. The fourth-order valence-electron chi connectivity index (χ4n) is 4.57. The number of nitrogens with one attached hydrogen (secondary N) is 1. The zero-order valence-corrected chi connectivity index (χ0v) is 23.6. The molecule has 0 radical (unpaired) electrons. The van der Waals surface area contributed by atoms with Crippen LogP contribution in [0.15, 0.2) is 41.8 Å². The molecular formula is C27H36ClN7OS. The van der Waals surface area contributed by atoms with Gasteiger partial charge in [0.15, 0.2) is 10.9 Å². The van der Waals surface area contributed by atoms with Crippen molar-refractivity contribution in [1.29, 1.82) is 0 Å². The molecule has 2 amide bonds. The molecule has 2 aromatic heterocycles. The zero-order valence-electron chi connectivity index (χ0n) is 22.1. The number of urea groups is 1. The Bertz CT molecular complexity index is 1170. The fraction of sp³-hybridized carbons (Fsp3) is 0.444. The van der Waals surface area contributed by atoms with Gasteiger partial charge < -0.3 is 19.6 Å². The van der Waals surface area contributed by atoms with Gasteiger partial charge in [-0.2, -0.15) is 0 Å². The molecule has 1 saturated heterocycles. The molecule has 198 valence electrons. The Hall–Kier alpha value is -3.04. The number of hydrogen-bond donors (Lipinski definition) is 1. The number of pyridine rings is 1. The minimum absolute atomic E-state index is 0.120. The number of carbonyl (C=O) groups is 1. The zero-order chi connectivity index (χ0) is 26.4. The quantitative estimate of drug-likeness (QED) is 0.363. The van der Waals surface area contributed by atoms with Crippen LogP contribution in [0.5, 0.6) is 0 Å². The van der Waals surface area contributed by atoms with E-state index in [0.29, 0.717) is 23.2 Å².